The second kappa shape index (κ2) is 5.52. The van der Waals surface area contributed by atoms with Crippen molar-refractivity contribution in [3.63, 3.8) is 0 Å². The topological polar surface area (TPSA) is 12.0 Å². The lowest BCUT2D eigenvalue weighted by atomic mass is 9.87. The first-order valence-electron chi connectivity index (χ1n) is 7.35. The number of nitrogens with one attached hydrogen (secondary N) is 1. The van der Waals surface area contributed by atoms with Gasteiger partial charge in [0, 0.05) is 17.8 Å². The molecular formula is C15H29NS. The Morgan fingerprint density at radius 1 is 1.29 bits per heavy atom. The third-order valence-electron chi connectivity index (χ3n) is 4.81. The molecule has 0 amide bonds. The van der Waals surface area contributed by atoms with Gasteiger partial charge in [-0.1, -0.05) is 34.1 Å². The van der Waals surface area contributed by atoms with Crippen molar-refractivity contribution in [2.24, 2.45) is 17.3 Å². The van der Waals surface area contributed by atoms with Gasteiger partial charge in [-0.3, -0.25) is 0 Å². The van der Waals surface area contributed by atoms with Crippen molar-refractivity contribution >= 4 is 11.8 Å². The van der Waals surface area contributed by atoms with E-state index in [0.717, 1.165) is 23.9 Å². The molecule has 4 atom stereocenters. The maximum Gasteiger partial charge on any atom is 0.0166 e. The molecule has 0 radical (unpaired) electrons. The van der Waals surface area contributed by atoms with Crippen LogP contribution in [0.25, 0.3) is 0 Å². The van der Waals surface area contributed by atoms with E-state index in [4.69, 9.17) is 0 Å². The lowest BCUT2D eigenvalue weighted by molar-refractivity contribution is 0.270. The van der Waals surface area contributed by atoms with Crippen LogP contribution < -0.4 is 5.32 Å². The van der Waals surface area contributed by atoms with Crippen LogP contribution in [0.15, 0.2) is 0 Å². The molecule has 1 N–H and O–H groups in total. The number of thioether (sulfide) groups is 1. The molecule has 2 heteroatoms. The maximum atomic E-state index is 3.97. The SMILES string of the molecule is CCC1CCC(NC2CSCC(C)(C)C2)C1C. The van der Waals surface area contributed by atoms with Crippen LogP contribution in [0.3, 0.4) is 0 Å². The second-order valence-corrected chi connectivity index (χ2v) is 7.99. The summed E-state index contributed by atoms with van der Waals surface area (Å²) in [6.07, 6.45) is 5.57. The Kier molecular flexibility index (Phi) is 4.46. The summed E-state index contributed by atoms with van der Waals surface area (Å²) in [6.45, 7) is 9.64. The minimum atomic E-state index is 0.534. The van der Waals surface area contributed by atoms with Gasteiger partial charge >= 0.3 is 0 Å². The van der Waals surface area contributed by atoms with Crippen LogP contribution >= 0.6 is 11.8 Å². The van der Waals surface area contributed by atoms with Crippen LogP contribution in [0.2, 0.25) is 0 Å². The number of hydrogen-bond acceptors (Lipinski definition) is 2. The summed E-state index contributed by atoms with van der Waals surface area (Å²) in [4.78, 5) is 0. The molecule has 1 saturated heterocycles. The van der Waals surface area contributed by atoms with E-state index in [1.807, 2.05) is 0 Å². The highest BCUT2D eigenvalue weighted by molar-refractivity contribution is 7.99. The van der Waals surface area contributed by atoms with Crippen molar-refractivity contribution in [3.05, 3.63) is 0 Å². The third-order valence-corrected chi connectivity index (χ3v) is 6.44. The van der Waals surface area contributed by atoms with Crippen molar-refractivity contribution in [2.45, 2.75) is 65.5 Å². The van der Waals surface area contributed by atoms with Crippen molar-refractivity contribution in [2.75, 3.05) is 11.5 Å². The molecule has 17 heavy (non-hydrogen) atoms. The average Bonchev–Trinajstić information content (AvgIpc) is 2.59. The summed E-state index contributed by atoms with van der Waals surface area (Å²) < 4.78 is 0. The Labute approximate surface area is 112 Å². The smallest absolute Gasteiger partial charge is 0.0166 e. The summed E-state index contributed by atoms with van der Waals surface area (Å²) in [5.41, 5.74) is 0.534. The van der Waals surface area contributed by atoms with Gasteiger partial charge in [0.25, 0.3) is 0 Å². The summed E-state index contributed by atoms with van der Waals surface area (Å²) >= 11 is 2.14. The van der Waals surface area contributed by atoms with Gasteiger partial charge in [-0.2, -0.15) is 11.8 Å². The monoisotopic (exact) mass is 255 g/mol. The van der Waals surface area contributed by atoms with Crippen molar-refractivity contribution in [3.8, 4) is 0 Å². The number of rotatable bonds is 3. The first kappa shape index (κ1) is 13.7. The zero-order chi connectivity index (χ0) is 12.5. The zero-order valence-electron chi connectivity index (χ0n) is 12.0. The van der Waals surface area contributed by atoms with Crippen LogP contribution in [0.5, 0.6) is 0 Å². The van der Waals surface area contributed by atoms with Gasteiger partial charge < -0.3 is 5.32 Å². The van der Waals surface area contributed by atoms with Gasteiger partial charge in [0.15, 0.2) is 0 Å². The van der Waals surface area contributed by atoms with E-state index in [1.54, 1.807) is 0 Å². The molecule has 2 fully saturated rings. The highest BCUT2D eigenvalue weighted by atomic mass is 32.2. The van der Waals surface area contributed by atoms with Crippen LogP contribution in [0.1, 0.15) is 53.4 Å². The molecule has 100 valence electrons. The van der Waals surface area contributed by atoms with E-state index >= 15 is 0 Å². The molecule has 4 unspecified atom stereocenters. The summed E-state index contributed by atoms with van der Waals surface area (Å²) in [5, 5.41) is 3.97. The molecule has 0 aromatic rings. The largest absolute Gasteiger partial charge is 0.310 e. The Bertz CT molecular complexity index is 251. The van der Waals surface area contributed by atoms with Crippen LogP contribution in [0, 0.1) is 17.3 Å². The van der Waals surface area contributed by atoms with Gasteiger partial charge in [0.05, 0.1) is 0 Å². The van der Waals surface area contributed by atoms with E-state index in [2.05, 4.69) is 44.8 Å². The summed E-state index contributed by atoms with van der Waals surface area (Å²) in [5.74, 6) is 4.51. The van der Waals surface area contributed by atoms with Gasteiger partial charge in [-0.25, -0.2) is 0 Å². The summed E-state index contributed by atoms with van der Waals surface area (Å²) in [6, 6.07) is 1.55. The lowest BCUT2D eigenvalue weighted by Crippen LogP contribution is -2.46. The van der Waals surface area contributed by atoms with Crippen molar-refractivity contribution < 1.29 is 0 Å². The molecular weight excluding hydrogens is 226 g/mol. The molecule has 1 saturated carbocycles. The van der Waals surface area contributed by atoms with E-state index in [1.165, 1.54) is 37.2 Å². The predicted molar refractivity (Wildman–Crippen MR) is 78.6 cm³/mol. The highest BCUT2D eigenvalue weighted by Crippen LogP contribution is 2.37. The highest BCUT2D eigenvalue weighted by Gasteiger charge is 2.35. The molecule has 1 aliphatic carbocycles. The maximum absolute atomic E-state index is 3.97. The fourth-order valence-corrected chi connectivity index (χ4v) is 5.02. The molecule has 0 aromatic carbocycles. The Morgan fingerprint density at radius 2 is 2.06 bits per heavy atom. The molecule has 1 nitrogen and oxygen atoms in total. The normalized spacial score (nSPS) is 41.6. The molecule has 1 aliphatic heterocycles. The van der Waals surface area contributed by atoms with Crippen LogP contribution in [-0.4, -0.2) is 23.6 Å². The van der Waals surface area contributed by atoms with Crippen LogP contribution in [0.4, 0.5) is 0 Å². The molecule has 0 spiro atoms. The van der Waals surface area contributed by atoms with E-state index in [-0.39, 0.29) is 0 Å². The quantitative estimate of drug-likeness (QED) is 0.820. The number of hydrogen-bond donors (Lipinski definition) is 1. The zero-order valence-corrected chi connectivity index (χ0v) is 12.8. The average molecular weight is 255 g/mol. The fourth-order valence-electron chi connectivity index (χ4n) is 3.73. The van der Waals surface area contributed by atoms with Gasteiger partial charge in [0.2, 0.25) is 0 Å². The minimum Gasteiger partial charge on any atom is -0.310 e. The van der Waals surface area contributed by atoms with Crippen LogP contribution in [-0.2, 0) is 0 Å². The molecule has 2 rings (SSSR count). The third kappa shape index (κ3) is 3.41. The second-order valence-electron chi connectivity index (χ2n) is 6.96. The predicted octanol–water partition coefficient (Wildman–Crippen LogP) is 3.93. The fraction of sp³-hybridized carbons (Fsp3) is 1.00. The van der Waals surface area contributed by atoms with Gasteiger partial charge in [-0.05, 0) is 42.3 Å². The standard InChI is InChI=1S/C15H29NS/c1-5-12-6-7-14(11(12)2)16-13-8-15(3,4)10-17-9-13/h11-14,16H,5-10H2,1-4H3. The Balaban J connectivity index is 1.85. The van der Waals surface area contributed by atoms with E-state index in [9.17, 15) is 0 Å². The summed E-state index contributed by atoms with van der Waals surface area (Å²) in [7, 11) is 0. The molecule has 1 heterocycles. The van der Waals surface area contributed by atoms with Crippen molar-refractivity contribution in [1.82, 2.24) is 5.32 Å². The lowest BCUT2D eigenvalue weighted by Gasteiger charge is -2.37. The van der Waals surface area contributed by atoms with E-state index < -0.39 is 0 Å². The van der Waals surface area contributed by atoms with Gasteiger partial charge in [-0.15, -0.1) is 0 Å². The minimum absolute atomic E-state index is 0.534. The Morgan fingerprint density at radius 3 is 2.65 bits per heavy atom. The first-order chi connectivity index (χ1) is 8.02. The molecule has 0 aromatic heterocycles. The van der Waals surface area contributed by atoms with Gasteiger partial charge in [0.1, 0.15) is 0 Å². The molecule has 0 bridgehead atoms. The first-order valence-corrected chi connectivity index (χ1v) is 8.51. The van der Waals surface area contributed by atoms with E-state index in [0.29, 0.717) is 5.41 Å². The Hall–Kier alpha value is 0.310. The molecule has 2 aliphatic rings. The van der Waals surface area contributed by atoms with Crippen molar-refractivity contribution in [1.29, 1.82) is 0 Å².